The molecule has 8 nitrogen and oxygen atoms in total. The van der Waals surface area contributed by atoms with Gasteiger partial charge < -0.3 is 9.64 Å². The number of sulfonamides is 1. The minimum atomic E-state index is -4.19. The zero-order valence-electron chi connectivity index (χ0n) is 20.2. The van der Waals surface area contributed by atoms with Crippen LogP contribution in [0.4, 0.5) is 9.18 Å². The van der Waals surface area contributed by atoms with Gasteiger partial charge in [0.05, 0.1) is 14.8 Å². The summed E-state index contributed by atoms with van der Waals surface area (Å²) in [7, 11) is -8.37. The van der Waals surface area contributed by atoms with E-state index < -0.39 is 43.4 Å². The van der Waals surface area contributed by atoms with Gasteiger partial charge in [-0.05, 0) is 81.8 Å². The number of carbonyl (C=O) groups is 1. The molecule has 36 heavy (non-hydrogen) atoms. The number of ether oxygens (including phenoxy) is 1. The van der Waals surface area contributed by atoms with Crippen LogP contribution in [0.3, 0.4) is 0 Å². The van der Waals surface area contributed by atoms with Gasteiger partial charge in [0.2, 0.25) is 19.9 Å². The number of aryl methyl sites for hydroxylation is 2. The zero-order valence-corrected chi connectivity index (χ0v) is 22.6. The summed E-state index contributed by atoms with van der Waals surface area (Å²) in [5.74, 6) is -0.693. The molecule has 2 aliphatic rings. The Balaban J connectivity index is 1.57. The summed E-state index contributed by atoms with van der Waals surface area (Å²) in [6, 6.07) is 5.53. The molecule has 2 heterocycles. The molecule has 0 radical (unpaired) electrons. The Kier molecular flexibility index (Phi) is 7.15. The summed E-state index contributed by atoms with van der Waals surface area (Å²) in [4.78, 5) is 13.1. The third-order valence-corrected chi connectivity index (χ3v) is 10.0. The van der Waals surface area contributed by atoms with Crippen molar-refractivity contribution in [2.24, 2.45) is 0 Å². The minimum absolute atomic E-state index is 0.0974. The summed E-state index contributed by atoms with van der Waals surface area (Å²) in [5.41, 5.74) is 0.203. The number of rotatable bonds is 3. The van der Waals surface area contributed by atoms with Gasteiger partial charge in [-0.25, -0.2) is 30.7 Å². The molecule has 0 bridgehead atoms. The molecule has 2 aromatic rings. The van der Waals surface area contributed by atoms with Gasteiger partial charge >= 0.3 is 6.09 Å². The third-order valence-electron chi connectivity index (χ3n) is 6.14. The van der Waals surface area contributed by atoms with Crippen LogP contribution in [-0.2, 0) is 37.4 Å². The van der Waals surface area contributed by atoms with E-state index in [4.69, 9.17) is 16.3 Å². The van der Waals surface area contributed by atoms with Gasteiger partial charge in [0.1, 0.15) is 16.3 Å². The molecule has 196 valence electrons. The number of fused-ring (bicyclic) bond motifs is 2. The molecule has 1 amide bonds. The lowest BCUT2D eigenvalue weighted by Gasteiger charge is -2.33. The summed E-state index contributed by atoms with van der Waals surface area (Å²) in [5, 5.41) is -0.0974. The van der Waals surface area contributed by atoms with Gasteiger partial charge in [-0.3, -0.25) is 0 Å². The Labute approximate surface area is 215 Å². The van der Waals surface area contributed by atoms with Crippen molar-refractivity contribution in [2.45, 2.75) is 72.8 Å². The van der Waals surface area contributed by atoms with Crippen LogP contribution < -0.4 is 4.72 Å². The van der Waals surface area contributed by atoms with Gasteiger partial charge in [-0.15, -0.1) is 0 Å². The van der Waals surface area contributed by atoms with E-state index in [2.05, 4.69) is 4.72 Å². The van der Waals surface area contributed by atoms with Crippen molar-refractivity contribution < 1.29 is 30.8 Å². The van der Waals surface area contributed by atoms with Crippen molar-refractivity contribution >= 4 is 37.6 Å². The second-order valence-corrected chi connectivity index (χ2v) is 14.0. The molecule has 0 aliphatic carbocycles. The van der Waals surface area contributed by atoms with E-state index in [0.29, 0.717) is 49.9 Å². The highest BCUT2D eigenvalue weighted by molar-refractivity contribution is 7.92. The average Bonchev–Trinajstić information content (AvgIpc) is 2.86. The molecule has 1 N–H and O–H groups in total. The Morgan fingerprint density at radius 3 is 2.33 bits per heavy atom. The molecular weight excluding hydrogens is 531 g/mol. The molecule has 0 saturated carbocycles. The van der Waals surface area contributed by atoms with E-state index in [1.165, 1.54) is 23.1 Å². The molecule has 1 fully saturated rings. The number of sulfone groups is 1. The second kappa shape index (κ2) is 9.59. The predicted molar refractivity (Wildman–Crippen MR) is 132 cm³/mol. The molecule has 0 atom stereocenters. The van der Waals surface area contributed by atoms with Crippen LogP contribution in [0, 0.1) is 5.82 Å². The average molecular weight is 559 g/mol. The third kappa shape index (κ3) is 5.53. The number of nitrogens with one attached hydrogen (secondary N) is 1. The number of benzene rings is 2. The fraction of sp³-hybridized carbons (Fsp3) is 0.458. The fourth-order valence-corrected chi connectivity index (χ4v) is 8.14. The number of hydrogen-bond acceptors (Lipinski definition) is 6. The SMILES string of the molecule is CC(C)(C)OC(=O)N1CCC(NS(=O)(=O)c2cc3c(cc2Cl)CCc2ccc(F)cc2S3(=O)=O)CC1. The smallest absolute Gasteiger partial charge is 0.410 e. The highest BCUT2D eigenvalue weighted by Gasteiger charge is 2.33. The Bertz CT molecular complexity index is 1410. The maximum Gasteiger partial charge on any atom is 0.410 e. The fourth-order valence-electron chi connectivity index (χ4n) is 4.39. The molecule has 0 aromatic heterocycles. The van der Waals surface area contributed by atoms with E-state index >= 15 is 0 Å². The molecular formula is C24H28ClFN2O6S2. The maximum atomic E-state index is 13.9. The van der Waals surface area contributed by atoms with Gasteiger partial charge in [0.25, 0.3) is 0 Å². The van der Waals surface area contributed by atoms with E-state index in [0.717, 1.165) is 12.1 Å². The highest BCUT2D eigenvalue weighted by atomic mass is 35.5. The topological polar surface area (TPSA) is 110 Å². The van der Waals surface area contributed by atoms with Crippen LogP contribution in [0.1, 0.15) is 44.7 Å². The molecule has 12 heteroatoms. The van der Waals surface area contributed by atoms with Crippen LogP contribution in [0.5, 0.6) is 0 Å². The lowest BCUT2D eigenvalue weighted by molar-refractivity contribution is 0.0203. The minimum Gasteiger partial charge on any atom is -0.444 e. The molecule has 2 aromatic carbocycles. The summed E-state index contributed by atoms with van der Waals surface area (Å²) < 4.78 is 75.1. The van der Waals surface area contributed by atoms with E-state index in [1.807, 2.05) is 0 Å². The normalized spacial score (nSPS) is 18.2. The van der Waals surface area contributed by atoms with Crippen molar-refractivity contribution in [1.82, 2.24) is 9.62 Å². The van der Waals surface area contributed by atoms with Crippen molar-refractivity contribution in [3.8, 4) is 0 Å². The van der Waals surface area contributed by atoms with Crippen molar-refractivity contribution in [1.29, 1.82) is 0 Å². The Morgan fingerprint density at radius 1 is 1.08 bits per heavy atom. The van der Waals surface area contributed by atoms with Crippen molar-refractivity contribution in [2.75, 3.05) is 13.1 Å². The molecule has 4 rings (SSSR count). The number of piperidine rings is 1. The summed E-state index contributed by atoms with van der Waals surface area (Å²) in [6.45, 7) is 5.91. The Hall–Kier alpha value is -2.21. The number of carbonyl (C=O) groups excluding carboxylic acids is 1. The Morgan fingerprint density at radius 2 is 1.69 bits per heavy atom. The van der Waals surface area contributed by atoms with Crippen molar-refractivity contribution in [3.63, 3.8) is 0 Å². The van der Waals surface area contributed by atoms with Crippen LogP contribution in [0.25, 0.3) is 0 Å². The number of halogens is 2. The summed E-state index contributed by atoms with van der Waals surface area (Å²) in [6.07, 6.45) is 0.903. The first-order chi connectivity index (χ1) is 16.7. The first-order valence-corrected chi connectivity index (χ1v) is 14.9. The van der Waals surface area contributed by atoms with Crippen LogP contribution in [0.15, 0.2) is 45.0 Å². The quantitative estimate of drug-likeness (QED) is 0.607. The maximum absolute atomic E-state index is 13.9. The van der Waals surface area contributed by atoms with Crippen LogP contribution in [-0.4, -0.2) is 52.6 Å². The second-order valence-electron chi connectivity index (χ2n) is 10.0. The lowest BCUT2D eigenvalue weighted by atomic mass is 10.0. The van der Waals surface area contributed by atoms with Gasteiger partial charge in [-0.1, -0.05) is 17.7 Å². The largest absolute Gasteiger partial charge is 0.444 e. The van der Waals surface area contributed by atoms with E-state index in [1.54, 1.807) is 20.8 Å². The zero-order chi connectivity index (χ0) is 26.5. The van der Waals surface area contributed by atoms with Gasteiger partial charge in [0, 0.05) is 19.1 Å². The lowest BCUT2D eigenvalue weighted by Crippen LogP contribution is -2.47. The molecule has 0 unspecified atom stereocenters. The predicted octanol–water partition coefficient (Wildman–Crippen LogP) is 4.09. The van der Waals surface area contributed by atoms with Crippen molar-refractivity contribution in [3.05, 3.63) is 52.3 Å². The first-order valence-electron chi connectivity index (χ1n) is 11.5. The molecule has 0 spiro atoms. The number of nitrogens with zero attached hydrogens (tertiary/aromatic N) is 1. The first kappa shape index (κ1) is 26.8. The molecule has 2 aliphatic heterocycles. The number of likely N-dealkylation sites (tertiary alicyclic amines) is 1. The van der Waals surface area contributed by atoms with Crippen LogP contribution in [0.2, 0.25) is 5.02 Å². The molecule has 1 saturated heterocycles. The standard InChI is InChI=1S/C24H28ClFN2O6S2/c1-24(2,3)34-23(29)28-10-8-18(9-11-28)27-36(32,33)22-14-21-16(12-19(22)25)5-4-15-6-7-17(26)13-20(15)35(21,30)31/h6-7,12-14,18,27H,4-5,8-11H2,1-3H3. The highest BCUT2D eigenvalue weighted by Crippen LogP contribution is 2.36. The van der Waals surface area contributed by atoms with E-state index in [9.17, 15) is 26.0 Å². The number of amides is 1. The van der Waals surface area contributed by atoms with Gasteiger partial charge in [-0.2, -0.15) is 0 Å². The van der Waals surface area contributed by atoms with Gasteiger partial charge in [0.15, 0.2) is 0 Å². The van der Waals surface area contributed by atoms with Crippen LogP contribution >= 0.6 is 11.6 Å². The summed E-state index contributed by atoms with van der Waals surface area (Å²) >= 11 is 6.33. The monoisotopic (exact) mass is 558 g/mol. The number of hydrogen-bond donors (Lipinski definition) is 1. The van der Waals surface area contributed by atoms with E-state index in [-0.39, 0.29) is 19.7 Å².